The second kappa shape index (κ2) is 5.03. The van der Waals surface area contributed by atoms with Gasteiger partial charge in [0.25, 0.3) is 0 Å². The van der Waals surface area contributed by atoms with Crippen LogP contribution in [0, 0.1) is 13.8 Å². The molecule has 0 bridgehead atoms. The molecule has 0 spiro atoms. The van der Waals surface area contributed by atoms with Gasteiger partial charge in [0.15, 0.2) is 11.5 Å². The Balaban J connectivity index is 3.30. The van der Waals surface area contributed by atoms with Gasteiger partial charge in [-0.3, -0.25) is 0 Å². The molecule has 3 nitrogen and oxygen atoms in total. The molecule has 1 rings (SSSR count). The van der Waals surface area contributed by atoms with Crippen LogP contribution in [0.4, 0.5) is 0 Å². The summed E-state index contributed by atoms with van der Waals surface area (Å²) < 4.78 is 10.6. The summed E-state index contributed by atoms with van der Waals surface area (Å²) in [5.74, 6) is 1.54. The van der Waals surface area contributed by atoms with E-state index in [1.54, 1.807) is 14.2 Å². The molecule has 84 valence electrons. The zero-order valence-electron chi connectivity index (χ0n) is 9.76. The summed E-state index contributed by atoms with van der Waals surface area (Å²) in [7, 11) is 3.27. The maximum Gasteiger partial charge on any atom is 0.164 e. The average Bonchev–Trinajstić information content (AvgIpc) is 2.22. The highest BCUT2D eigenvalue weighted by Gasteiger charge is 2.13. The first-order valence-electron chi connectivity index (χ1n) is 4.97. The SMILES string of the molecule is COc1c(C)cc(CCO)c(C)c1OC. The van der Waals surface area contributed by atoms with Crippen LogP contribution in [0.2, 0.25) is 0 Å². The predicted octanol–water partition coefficient (Wildman–Crippen LogP) is 1.86. The Morgan fingerprint density at radius 3 is 2.20 bits per heavy atom. The van der Waals surface area contributed by atoms with Gasteiger partial charge in [-0.25, -0.2) is 0 Å². The van der Waals surface area contributed by atoms with Gasteiger partial charge in [-0.15, -0.1) is 0 Å². The normalized spacial score (nSPS) is 10.2. The molecule has 0 aliphatic rings. The molecule has 0 unspecified atom stereocenters. The van der Waals surface area contributed by atoms with E-state index in [1.165, 1.54) is 0 Å². The number of benzene rings is 1. The van der Waals surface area contributed by atoms with Crippen molar-refractivity contribution in [3.63, 3.8) is 0 Å². The van der Waals surface area contributed by atoms with E-state index in [2.05, 4.69) is 0 Å². The van der Waals surface area contributed by atoms with E-state index >= 15 is 0 Å². The molecule has 1 aromatic rings. The first-order chi connectivity index (χ1) is 7.15. The molecule has 0 radical (unpaired) electrons. The first kappa shape index (κ1) is 11.9. The topological polar surface area (TPSA) is 38.7 Å². The monoisotopic (exact) mass is 210 g/mol. The number of aliphatic hydroxyl groups excluding tert-OH is 1. The van der Waals surface area contributed by atoms with Gasteiger partial charge in [-0.05, 0) is 37.0 Å². The fourth-order valence-electron chi connectivity index (χ4n) is 1.81. The molecule has 0 atom stereocenters. The minimum Gasteiger partial charge on any atom is -0.493 e. The van der Waals surface area contributed by atoms with Gasteiger partial charge in [0.2, 0.25) is 0 Å². The van der Waals surface area contributed by atoms with E-state index in [1.807, 2.05) is 19.9 Å². The quantitative estimate of drug-likeness (QED) is 0.824. The van der Waals surface area contributed by atoms with Crippen molar-refractivity contribution in [2.45, 2.75) is 20.3 Å². The summed E-state index contributed by atoms with van der Waals surface area (Å²) in [4.78, 5) is 0. The lowest BCUT2D eigenvalue weighted by Crippen LogP contribution is -2.01. The molecular formula is C12H18O3. The molecule has 0 saturated carbocycles. The molecule has 0 fully saturated rings. The summed E-state index contributed by atoms with van der Waals surface area (Å²) in [6.07, 6.45) is 0.646. The van der Waals surface area contributed by atoms with Crippen molar-refractivity contribution in [2.75, 3.05) is 20.8 Å². The fourth-order valence-corrected chi connectivity index (χ4v) is 1.81. The Morgan fingerprint density at radius 2 is 1.73 bits per heavy atom. The minimum absolute atomic E-state index is 0.149. The number of rotatable bonds is 4. The zero-order valence-corrected chi connectivity index (χ0v) is 9.76. The van der Waals surface area contributed by atoms with Crippen molar-refractivity contribution in [1.29, 1.82) is 0 Å². The lowest BCUT2D eigenvalue weighted by Gasteiger charge is -2.16. The van der Waals surface area contributed by atoms with Crippen LogP contribution in [-0.2, 0) is 6.42 Å². The van der Waals surface area contributed by atoms with Crippen molar-refractivity contribution in [3.05, 3.63) is 22.8 Å². The first-order valence-corrected chi connectivity index (χ1v) is 4.97. The molecule has 0 amide bonds. The van der Waals surface area contributed by atoms with Crippen LogP contribution in [-0.4, -0.2) is 25.9 Å². The van der Waals surface area contributed by atoms with Gasteiger partial charge >= 0.3 is 0 Å². The standard InChI is InChI=1S/C12H18O3/c1-8-7-10(5-6-13)9(2)12(15-4)11(8)14-3/h7,13H,5-6H2,1-4H3. The van der Waals surface area contributed by atoms with Crippen molar-refractivity contribution in [2.24, 2.45) is 0 Å². The van der Waals surface area contributed by atoms with Crippen molar-refractivity contribution < 1.29 is 14.6 Å². The number of hydrogen-bond donors (Lipinski definition) is 1. The van der Waals surface area contributed by atoms with Gasteiger partial charge in [0, 0.05) is 6.61 Å². The Hall–Kier alpha value is -1.22. The minimum atomic E-state index is 0.149. The van der Waals surface area contributed by atoms with Crippen molar-refractivity contribution in [3.8, 4) is 11.5 Å². The molecule has 1 aromatic carbocycles. The third kappa shape index (κ3) is 2.23. The summed E-state index contributed by atoms with van der Waals surface area (Å²) in [6.45, 7) is 4.10. The maximum atomic E-state index is 8.95. The van der Waals surface area contributed by atoms with Crippen LogP contribution in [0.1, 0.15) is 16.7 Å². The van der Waals surface area contributed by atoms with Crippen LogP contribution in [0.5, 0.6) is 11.5 Å². The second-order valence-corrected chi connectivity index (χ2v) is 3.52. The van der Waals surface area contributed by atoms with Crippen LogP contribution < -0.4 is 9.47 Å². The van der Waals surface area contributed by atoms with Gasteiger partial charge < -0.3 is 14.6 Å². The van der Waals surface area contributed by atoms with Crippen molar-refractivity contribution in [1.82, 2.24) is 0 Å². The third-order valence-corrected chi connectivity index (χ3v) is 2.57. The summed E-state index contributed by atoms with van der Waals surface area (Å²) in [5, 5.41) is 8.95. The maximum absolute atomic E-state index is 8.95. The third-order valence-electron chi connectivity index (χ3n) is 2.57. The van der Waals surface area contributed by atoms with E-state index in [0.29, 0.717) is 6.42 Å². The highest BCUT2D eigenvalue weighted by molar-refractivity contribution is 5.54. The van der Waals surface area contributed by atoms with E-state index in [9.17, 15) is 0 Å². The summed E-state index contributed by atoms with van der Waals surface area (Å²) in [6, 6.07) is 2.03. The van der Waals surface area contributed by atoms with Gasteiger partial charge in [0.05, 0.1) is 14.2 Å². The highest BCUT2D eigenvalue weighted by atomic mass is 16.5. The molecule has 0 aliphatic carbocycles. The molecular weight excluding hydrogens is 192 g/mol. The largest absolute Gasteiger partial charge is 0.493 e. The molecule has 0 saturated heterocycles. The molecule has 1 N–H and O–H groups in total. The van der Waals surface area contributed by atoms with Crippen LogP contribution >= 0.6 is 0 Å². The fraction of sp³-hybridized carbons (Fsp3) is 0.500. The molecule has 0 aliphatic heterocycles. The Bertz CT molecular complexity index is 345. The predicted molar refractivity (Wildman–Crippen MR) is 59.8 cm³/mol. The Labute approximate surface area is 90.6 Å². The zero-order chi connectivity index (χ0) is 11.4. The number of aliphatic hydroxyl groups is 1. The van der Waals surface area contributed by atoms with E-state index < -0.39 is 0 Å². The van der Waals surface area contributed by atoms with Gasteiger partial charge in [-0.2, -0.15) is 0 Å². The number of methoxy groups -OCH3 is 2. The lowest BCUT2D eigenvalue weighted by molar-refractivity contribution is 0.298. The smallest absolute Gasteiger partial charge is 0.164 e. The summed E-state index contributed by atoms with van der Waals surface area (Å²) in [5.41, 5.74) is 3.17. The van der Waals surface area contributed by atoms with E-state index in [4.69, 9.17) is 14.6 Å². The van der Waals surface area contributed by atoms with E-state index in [-0.39, 0.29) is 6.61 Å². The molecule has 15 heavy (non-hydrogen) atoms. The number of ether oxygens (including phenoxy) is 2. The van der Waals surface area contributed by atoms with Crippen molar-refractivity contribution >= 4 is 0 Å². The molecule has 3 heteroatoms. The van der Waals surface area contributed by atoms with Gasteiger partial charge in [0.1, 0.15) is 0 Å². The van der Waals surface area contributed by atoms with Crippen LogP contribution in [0.3, 0.4) is 0 Å². The average molecular weight is 210 g/mol. The Morgan fingerprint density at radius 1 is 1.13 bits per heavy atom. The molecule has 0 heterocycles. The highest BCUT2D eigenvalue weighted by Crippen LogP contribution is 2.36. The second-order valence-electron chi connectivity index (χ2n) is 3.52. The number of aryl methyl sites for hydroxylation is 1. The Kier molecular flexibility index (Phi) is 3.97. The summed E-state index contributed by atoms with van der Waals surface area (Å²) >= 11 is 0. The number of hydrogen-bond acceptors (Lipinski definition) is 3. The van der Waals surface area contributed by atoms with E-state index in [0.717, 1.165) is 28.2 Å². The molecule has 0 aromatic heterocycles. The van der Waals surface area contributed by atoms with Crippen LogP contribution in [0.25, 0.3) is 0 Å². The van der Waals surface area contributed by atoms with Crippen LogP contribution in [0.15, 0.2) is 6.07 Å². The lowest BCUT2D eigenvalue weighted by atomic mass is 10.0. The van der Waals surface area contributed by atoms with Gasteiger partial charge in [-0.1, -0.05) is 6.07 Å².